The van der Waals surface area contributed by atoms with Crippen LogP contribution in [0.4, 0.5) is 38.1 Å². The summed E-state index contributed by atoms with van der Waals surface area (Å²) < 4.78 is 78.8. The minimum Gasteiger partial charge on any atom is -0.494 e. The molecule has 2 aromatic carbocycles. The molecule has 21 heteroatoms. The molecular weight excluding hydrogens is 848 g/mol. The van der Waals surface area contributed by atoms with Gasteiger partial charge in [0.2, 0.25) is 5.91 Å². The van der Waals surface area contributed by atoms with Gasteiger partial charge in [-0.1, -0.05) is 6.07 Å². The molecule has 0 radical (unpaired) electrons. The number of methoxy groups -OCH3 is 1. The van der Waals surface area contributed by atoms with E-state index < -0.39 is 60.0 Å². The molecule has 2 N–H and O–H groups in total. The van der Waals surface area contributed by atoms with Crippen LogP contribution < -0.4 is 20.3 Å². The third kappa shape index (κ3) is 8.33. The maximum Gasteiger partial charge on any atom is 0.433 e. The number of imide groups is 2. The highest BCUT2D eigenvalue weighted by atomic mass is 19.4. The first-order valence-corrected chi connectivity index (χ1v) is 21.2. The van der Waals surface area contributed by atoms with Gasteiger partial charge in [-0.15, -0.1) is 0 Å². The van der Waals surface area contributed by atoms with E-state index >= 15 is 8.78 Å². The van der Waals surface area contributed by atoms with Gasteiger partial charge in [-0.3, -0.25) is 34.1 Å². The van der Waals surface area contributed by atoms with Crippen LogP contribution in [0, 0.1) is 5.92 Å². The highest BCUT2D eigenvalue weighted by Crippen LogP contribution is 2.39. The number of anilines is 2. The molecule has 4 aromatic rings. The lowest BCUT2D eigenvalue weighted by Crippen LogP contribution is -2.62. The van der Waals surface area contributed by atoms with Crippen molar-refractivity contribution in [1.82, 2.24) is 39.9 Å². The molecule has 5 aliphatic rings. The van der Waals surface area contributed by atoms with Crippen LogP contribution in [0.1, 0.15) is 81.5 Å². The van der Waals surface area contributed by atoms with Crippen molar-refractivity contribution in [3.63, 3.8) is 0 Å². The van der Waals surface area contributed by atoms with Gasteiger partial charge in [0.1, 0.15) is 17.1 Å². The lowest BCUT2D eigenvalue weighted by Gasteiger charge is -2.47. The highest BCUT2D eigenvalue weighted by molar-refractivity contribution is 6.22. The van der Waals surface area contributed by atoms with Crippen molar-refractivity contribution in [2.75, 3.05) is 69.7 Å². The van der Waals surface area contributed by atoms with Gasteiger partial charge >= 0.3 is 12.2 Å². The first-order chi connectivity index (χ1) is 30.6. The van der Waals surface area contributed by atoms with Crippen molar-refractivity contribution < 1.29 is 50.7 Å². The van der Waals surface area contributed by atoms with Crippen molar-refractivity contribution in [2.24, 2.45) is 5.92 Å². The van der Waals surface area contributed by atoms with Crippen LogP contribution in [0.5, 0.6) is 5.75 Å². The molecule has 16 nitrogen and oxygen atoms in total. The lowest BCUT2D eigenvalue weighted by molar-refractivity contribution is -0.141. The van der Waals surface area contributed by atoms with Gasteiger partial charge in [0.25, 0.3) is 23.6 Å². The zero-order valence-corrected chi connectivity index (χ0v) is 34.7. The summed E-state index contributed by atoms with van der Waals surface area (Å²) in [7, 11) is 1.42. The van der Waals surface area contributed by atoms with Crippen molar-refractivity contribution >= 4 is 51.9 Å². The summed E-state index contributed by atoms with van der Waals surface area (Å²) in [5.74, 6) is -5.12. The summed E-state index contributed by atoms with van der Waals surface area (Å²) in [6.07, 6.45) is 1.02. The number of hydrazine groups is 1. The molecule has 1 atom stereocenters. The maximum absolute atomic E-state index is 15.9. The first kappa shape index (κ1) is 43.1. The SMILES string of the molecule is COc1cc2nn(C3CCC(CN4CCN([C@@H]5CCN(c6ccc7c(c6)C(=O)N(N6CCC(=O)NC6=O)C7=O)CC5(F)F)CC4)CC3)cc2cc1NC(=O)c1cccc(C(F)(F)F)n1. The number of nitrogens with zero attached hydrogens (tertiary/aromatic N) is 8. The number of hydrogen-bond donors (Lipinski definition) is 2. The smallest absolute Gasteiger partial charge is 0.433 e. The van der Waals surface area contributed by atoms with E-state index in [1.807, 2.05) is 15.8 Å². The number of alkyl halides is 5. The molecule has 4 fully saturated rings. The Morgan fingerprint density at radius 1 is 0.906 bits per heavy atom. The predicted molar refractivity (Wildman–Crippen MR) is 220 cm³/mol. The fourth-order valence-corrected chi connectivity index (χ4v) is 9.62. The number of piperidine rings is 1. The van der Waals surface area contributed by atoms with Crippen LogP contribution >= 0.6 is 0 Å². The van der Waals surface area contributed by atoms with E-state index in [-0.39, 0.29) is 47.9 Å². The molecular formula is C43H45F5N10O6. The van der Waals surface area contributed by atoms with Crippen LogP contribution in [0.25, 0.3) is 10.9 Å². The number of urea groups is 1. The molecule has 338 valence electrons. The highest BCUT2D eigenvalue weighted by Gasteiger charge is 2.49. The van der Waals surface area contributed by atoms with Crippen molar-refractivity contribution in [3.05, 3.63) is 77.2 Å². The quantitative estimate of drug-likeness (QED) is 0.163. The molecule has 6 heterocycles. The Balaban J connectivity index is 0.754. The second-order valence-corrected chi connectivity index (χ2v) is 17.0. The third-order valence-corrected chi connectivity index (χ3v) is 13.0. The average molecular weight is 893 g/mol. The van der Waals surface area contributed by atoms with E-state index in [0.717, 1.165) is 54.8 Å². The maximum atomic E-state index is 15.9. The average Bonchev–Trinajstić information content (AvgIpc) is 3.80. The topological polar surface area (TPSA) is 166 Å². The first-order valence-electron chi connectivity index (χ1n) is 21.2. The molecule has 1 aliphatic carbocycles. The minimum absolute atomic E-state index is 0.0118. The Morgan fingerprint density at radius 2 is 1.66 bits per heavy atom. The molecule has 64 heavy (non-hydrogen) atoms. The third-order valence-electron chi connectivity index (χ3n) is 13.0. The molecule has 9 rings (SSSR count). The molecule has 0 bridgehead atoms. The number of carbonyl (C=O) groups excluding carboxylic acids is 5. The van der Waals surface area contributed by atoms with Crippen molar-refractivity contribution in [3.8, 4) is 5.75 Å². The van der Waals surface area contributed by atoms with Crippen LogP contribution in [-0.2, 0) is 11.0 Å². The van der Waals surface area contributed by atoms with Crippen LogP contribution in [0.3, 0.4) is 0 Å². The number of rotatable bonds is 9. The van der Waals surface area contributed by atoms with E-state index in [9.17, 15) is 37.1 Å². The van der Waals surface area contributed by atoms with Crippen LogP contribution in [-0.4, -0.2) is 136 Å². The van der Waals surface area contributed by atoms with E-state index in [2.05, 4.69) is 20.5 Å². The minimum atomic E-state index is -4.69. The number of ether oxygens (including phenoxy) is 1. The summed E-state index contributed by atoms with van der Waals surface area (Å²) in [5.41, 5.74) is -0.196. The Kier molecular flexibility index (Phi) is 11.2. The Morgan fingerprint density at radius 3 is 2.36 bits per heavy atom. The number of pyridine rings is 1. The summed E-state index contributed by atoms with van der Waals surface area (Å²) >= 11 is 0. The van der Waals surface area contributed by atoms with Gasteiger partial charge in [-0.05, 0) is 74.4 Å². The van der Waals surface area contributed by atoms with E-state index in [1.54, 1.807) is 18.2 Å². The summed E-state index contributed by atoms with van der Waals surface area (Å²) in [6, 6.07) is 9.17. The largest absolute Gasteiger partial charge is 0.494 e. The number of nitrogens with one attached hydrogen (secondary N) is 2. The molecule has 4 aliphatic heterocycles. The van der Waals surface area contributed by atoms with Crippen LogP contribution in [0.2, 0.25) is 0 Å². The lowest BCUT2D eigenvalue weighted by atomic mass is 9.85. The Bertz CT molecular complexity index is 2520. The zero-order chi connectivity index (χ0) is 45.1. The second kappa shape index (κ2) is 16.7. The zero-order valence-electron chi connectivity index (χ0n) is 34.7. The number of carbonyl (C=O) groups is 5. The van der Waals surface area contributed by atoms with Gasteiger partial charge in [0.15, 0.2) is 0 Å². The van der Waals surface area contributed by atoms with Crippen LogP contribution in [0.15, 0.2) is 54.7 Å². The second-order valence-electron chi connectivity index (χ2n) is 17.0. The number of piperazine rings is 1. The standard InChI is InChI=1S/C43H45F5N10O6/c1-64-34-21-32-26(19-33(34)50-38(60)31-3-2-4-35(49-31)43(46,47)48)23-56(52-32)27-7-5-25(6-8-27)22-53-15-17-54(18-16-53)36-11-13-55(24-42(36,44)45)28-9-10-29-30(20-28)40(62)58(39(29)61)57-14-12-37(59)51-41(57)63/h2-4,9-10,19-21,23,25,27,36H,5-8,11-18,22,24H2,1H3,(H,50,60)(H,51,59,63)/t25?,27?,36-/m1/s1. The fraction of sp³-hybridized carbons (Fsp3) is 0.465. The van der Waals surface area contributed by atoms with Gasteiger partial charge in [-0.2, -0.15) is 23.3 Å². The normalized spacial score (nSPS) is 23.4. The number of halogens is 5. The van der Waals surface area contributed by atoms with Gasteiger partial charge in [0, 0.05) is 69.0 Å². The van der Waals surface area contributed by atoms with Crippen molar-refractivity contribution in [2.45, 2.75) is 62.7 Å². The van der Waals surface area contributed by atoms with Gasteiger partial charge in [-0.25, -0.2) is 23.6 Å². The van der Waals surface area contributed by atoms with E-state index in [4.69, 9.17) is 9.84 Å². The molecule has 0 spiro atoms. The van der Waals surface area contributed by atoms with Gasteiger partial charge in [0.05, 0.1) is 54.6 Å². The fourth-order valence-electron chi connectivity index (χ4n) is 9.62. The molecule has 1 saturated carbocycles. The molecule has 6 amide bonds. The Labute approximate surface area is 363 Å². The van der Waals surface area contributed by atoms with E-state index in [0.29, 0.717) is 60.6 Å². The summed E-state index contributed by atoms with van der Waals surface area (Å²) in [6.45, 7) is 2.87. The Hall–Kier alpha value is -6.22. The molecule has 2 aromatic heterocycles. The number of benzene rings is 2. The monoisotopic (exact) mass is 892 g/mol. The number of hydrogen-bond acceptors (Lipinski definition) is 11. The van der Waals surface area contributed by atoms with Gasteiger partial charge < -0.3 is 19.9 Å². The van der Waals surface area contributed by atoms with Crippen molar-refractivity contribution in [1.29, 1.82) is 0 Å². The number of aromatic nitrogens is 3. The molecule has 0 unspecified atom stereocenters. The summed E-state index contributed by atoms with van der Waals surface area (Å²) in [4.78, 5) is 72.5. The predicted octanol–water partition coefficient (Wildman–Crippen LogP) is 5.43. The molecule has 3 saturated heterocycles. The number of amides is 6. The van der Waals surface area contributed by atoms with E-state index in [1.165, 1.54) is 30.2 Å². The number of fused-ring (bicyclic) bond motifs is 2. The summed E-state index contributed by atoms with van der Waals surface area (Å²) in [5, 5.41) is 11.8.